The molecule has 6 nitrogen and oxygen atoms in total. The minimum Gasteiger partial charge on any atom is -0.368 e. The Morgan fingerprint density at radius 3 is 2.24 bits per heavy atom. The Morgan fingerprint density at radius 2 is 1.68 bits per heavy atom. The quantitative estimate of drug-likeness (QED) is 0.840. The van der Waals surface area contributed by atoms with Gasteiger partial charge in [0.2, 0.25) is 5.91 Å². The standard InChI is InChI=1S/C18H27ClN4O2/c1-13(2)12-20-17(24)14(3)21-18(25)23-10-8-22(9-11-23)16-6-4-15(19)5-7-16/h4-7,13-14H,8-12H2,1-3H3,(H,20,24)(H,21,25). The molecule has 1 aliphatic rings. The van der Waals surface area contributed by atoms with Crippen molar-refractivity contribution >= 4 is 29.2 Å². The Morgan fingerprint density at radius 1 is 1.08 bits per heavy atom. The first-order valence-electron chi connectivity index (χ1n) is 8.70. The van der Waals surface area contributed by atoms with Crippen LogP contribution < -0.4 is 15.5 Å². The predicted molar refractivity (Wildman–Crippen MR) is 101 cm³/mol. The van der Waals surface area contributed by atoms with Gasteiger partial charge in [-0.3, -0.25) is 4.79 Å². The van der Waals surface area contributed by atoms with Crippen LogP contribution in [0.15, 0.2) is 24.3 Å². The molecular weight excluding hydrogens is 340 g/mol. The van der Waals surface area contributed by atoms with Crippen LogP contribution in [0, 0.1) is 5.92 Å². The van der Waals surface area contributed by atoms with E-state index in [1.54, 1.807) is 11.8 Å². The minimum absolute atomic E-state index is 0.151. The summed E-state index contributed by atoms with van der Waals surface area (Å²) >= 11 is 5.92. The van der Waals surface area contributed by atoms with Crippen molar-refractivity contribution in [3.63, 3.8) is 0 Å². The summed E-state index contributed by atoms with van der Waals surface area (Å²) in [7, 11) is 0. The topological polar surface area (TPSA) is 64.7 Å². The SMILES string of the molecule is CC(C)CNC(=O)C(C)NC(=O)N1CCN(c2ccc(Cl)cc2)CC1. The number of nitrogens with one attached hydrogen (secondary N) is 2. The Bertz CT molecular complexity index is 583. The predicted octanol–water partition coefficient (Wildman–Crippen LogP) is 2.33. The third-order valence-electron chi connectivity index (χ3n) is 4.18. The van der Waals surface area contributed by atoms with Crippen molar-refractivity contribution in [2.75, 3.05) is 37.6 Å². The second-order valence-electron chi connectivity index (χ2n) is 6.76. The van der Waals surface area contributed by atoms with E-state index in [1.165, 1.54) is 0 Å². The molecule has 1 unspecified atom stereocenters. The van der Waals surface area contributed by atoms with Crippen LogP contribution in [-0.2, 0) is 4.79 Å². The number of carbonyl (C=O) groups excluding carboxylic acids is 2. The largest absolute Gasteiger partial charge is 0.368 e. The second kappa shape index (κ2) is 8.94. The monoisotopic (exact) mass is 366 g/mol. The maximum Gasteiger partial charge on any atom is 0.318 e. The van der Waals surface area contributed by atoms with Crippen molar-refractivity contribution in [2.45, 2.75) is 26.8 Å². The van der Waals surface area contributed by atoms with E-state index in [2.05, 4.69) is 15.5 Å². The van der Waals surface area contributed by atoms with Crippen LogP contribution in [0.3, 0.4) is 0 Å². The number of anilines is 1. The van der Waals surface area contributed by atoms with Gasteiger partial charge in [0, 0.05) is 43.4 Å². The molecular formula is C18H27ClN4O2. The van der Waals surface area contributed by atoms with E-state index in [0.29, 0.717) is 30.6 Å². The number of carbonyl (C=O) groups is 2. The summed E-state index contributed by atoms with van der Waals surface area (Å²) in [5.41, 5.74) is 1.10. The van der Waals surface area contributed by atoms with Gasteiger partial charge in [0.15, 0.2) is 0 Å². The van der Waals surface area contributed by atoms with Gasteiger partial charge in [0.25, 0.3) is 0 Å². The Balaban J connectivity index is 1.78. The molecule has 2 N–H and O–H groups in total. The van der Waals surface area contributed by atoms with Gasteiger partial charge >= 0.3 is 6.03 Å². The molecule has 2 rings (SSSR count). The maximum atomic E-state index is 12.3. The Kier molecular flexibility index (Phi) is 6.93. The average molecular weight is 367 g/mol. The normalized spacial score (nSPS) is 15.9. The molecule has 0 bridgehead atoms. The summed E-state index contributed by atoms with van der Waals surface area (Å²) in [6, 6.07) is 6.97. The number of urea groups is 1. The molecule has 1 saturated heterocycles. The lowest BCUT2D eigenvalue weighted by Crippen LogP contribution is -2.55. The summed E-state index contributed by atoms with van der Waals surface area (Å²) in [5, 5.41) is 6.32. The molecule has 3 amide bonds. The van der Waals surface area contributed by atoms with Gasteiger partial charge in [-0.25, -0.2) is 4.79 Å². The number of hydrogen-bond donors (Lipinski definition) is 2. The molecule has 1 fully saturated rings. The first kappa shape index (κ1) is 19.4. The fourth-order valence-electron chi connectivity index (χ4n) is 2.62. The second-order valence-corrected chi connectivity index (χ2v) is 7.20. The molecule has 0 spiro atoms. The van der Waals surface area contributed by atoms with E-state index in [-0.39, 0.29) is 11.9 Å². The molecule has 1 aliphatic heterocycles. The third kappa shape index (κ3) is 5.81. The highest BCUT2D eigenvalue weighted by molar-refractivity contribution is 6.30. The molecule has 25 heavy (non-hydrogen) atoms. The molecule has 1 heterocycles. The van der Waals surface area contributed by atoms with E-state index >= 15 is 0 Å². The molecule has 7 heteroatoms. The summed E-state index contributed by atoms with van der Waals surface area (Å²) in [4.78, 5) is 28.3. The molecule has 138 valence electrons. The zero-order valence-electron chi connectivity index (χ0n) is 15.1. The highest BCUT2D eigenvalue weighted by atomic mass is 35.5. The minimum atomic E-state index is -0.541. The summed E-state index contributed by atoms with van der Waals surface area (Å²) < 4.78 is 0. The van der Waals surface area contributed by atoms with Gasteiger partial charge in [0.1, 0.15) is 6.04 Å². The van der Waals surface area contributed by atoms with Gasteiger partial charge in [0.05, 0.1) is 0 Å². The van der Waals surface area contributed by atoms with E-state index < -0.39 is 6.04 Å². The zero-order chi connectivity index (χ0) is 18.4. The Labute approximate surface area is 154 Å². The number of rotatable bonds is 5. The molecule has 1 aromatic carbocycles. The van der Waals surface area contributed by atoms with Crippen LogP contribution in [0.4, 0.5) is 10.5 Å². The van der Waals surface area contributed by atoms with Crippen molar-refractivity contribution in [2.24, 2.45) is 5.92 Å². The molecule has 0 aliphatic carbocycles. The first-order chi connectivity index (χ1) is 11.9. The summed E-state index contributed by atoms with van der Waals surface area (Å²) in [5.74, 6) is 0.231. The number of hydrogen-bond acceptors (Lipinski definition) is 3. The zero-order valence-corrected chi connectivity index (χ0v) is 15.8. The van der Waals surface area contributed by atoms with E-state index in [0.717, 1.165) is 18.8 Å². The van der Waals surface area contributed by atoms with Crippen LogP contribution in [0.1, 0.15) is 20.8 Å². The molecule has 0 saturated carbocycles. The van der Waals surface area contributed by atoms with Crippen molar-refractivity contribution in [1.29, 1.82) is 0 Å². The highest BCUT2D eigenvalue weighted by Crippen LogP contribution is 2.19. The van der Waals surface area contributed by atoms with Crippen molar-refractivity contribution < 1.29 is 9.59 Å². The van der Waals surface area contributed by atoms with Crippen molar-refractivity contribution in [3.05, 3.63) is 29.3 Å². The fourth-order valence-corrected chi connectivity index (χ4v) is 2.75. The van der Waals surface area contributed by atoms with Gasteiger partial charge < -0.3 is 20.4 Å². The van der Waals surface area contributed by atoms with E-state index in [1.807, 2.05) is 38.1 Å². The van der Waals surface area contributed by atoms with Crippen LogP contribution in [0.25, 0.3) is 0 Å². The number of piperazine rings is 1. The molecule has 1 atom stereocenters. The molecule has 1 aromatic rings. The van der Waals surface area contributed by atoms with Crippen LogP contribution in [0.2, 0.25) is 5.02 Å². The van der Waals surface area contributed by atoms with Gasteiger partial charge in [-0.05, 0) is 37.1 Å². The molecule has 0 radical (unpaired) electrons. The summed E-state index contributed by atoms with van der Waals surface area (Å²) in [6.45, 7) is 9.12. The lowest BCUT2D eigenvalue weighted by molar-refractivity contribution is -0.122. The fraction of sp³-hybridized carbons (Fsp3) is 0.556. The van der Waals surface area contributed by atoms with Crippen molar-refractivity contribution in [3.8, 4) is 0 Å². The lowest BCUT2D eigenvalue weighted by atomic mass is 10.2. The van der Waals surface area contributed by atoms with Gasteiger partial charge in [-0.15, -0.1) is 0 Å². The number of amides is 3. The number of benzene rings is 1. The number of halogens is 1. The van der Waals surface area contributed by atoms with Gasteiger partial charge in [-0.2, -0.15) is 0 Å². The van der Waals surface area contributed by atoms with Gasteiger partial charge in [-0.1, -0.05) is 25.4 Å². The maximum absolute atomic E-state index is 12.3. The average Bonchev–Trinajstić information content (AvgIpc) is 2.60. The van der Waals surface area contributed by atoms with Crippen molar-refractivity contribution in [1.82, 2.24) is 15.5 Å². The third-order valence-corrected chi connectivity index (χ3v) is 4.43. The van der Waals surface area contributed by atoms with Crippen LogP contribution in [-0.4, -0.2) is 55.6 Å². The highest BCUT2D eigenvalue weighted by Gasteiger charge is 2.24. The van der Waals surface area contributed by atoms with E-state index in [9.17, 15) is 9.59 Å². The van der Waals surface area contributed by atoms with Crippen LogP contribution in [0.5, 0.6) is 0 Å². The summed E-state index contributed by atoms with van der Waals surface area (Å²) in [6.07, 6.45) is 0. The smallest absolute Gasteiger partial charge is 0.318 e. The molecule has 0 aromatic heterocycles. The number of nitrogens with zero attached hydrogens (tertiary/aromatic N) is 2. The first-order valence-corrected chi connectivity index (χ1v) is 9.08. The van der Waals surface area contributed by atoms with E-state index in [4.69, 9.17) is 11.6 Å². The Hall–Kier alpha value is -1.95. The van der Waals surface area contributed by atoms with Crippen LogP contribution >= 0.6 is 11.6 Å². The lowest BCUT2D eigenvalue weighted by Gasteiger charge is -2.36.